The van der Waals surface area contributed by atoms with E-state index in [0.29, 0.717) is 35.1 Å². The zero-order valence-corrected chi connectivity index (χ0v) is 19.9. The number of hydrogen-bond acceptors (Lipinski definition) is 6. The number of hydrogen-bond donors (Lipinski definition) is 2. The number of Topliss-reactive ketones (excluding diaryl/α,β-unsaturated/α-hetero) is 1. The van der Waals surface area contributed by atoms with Gasteiger partial charge in [-0.2, -0.15) is 0 Å². The van der Waals surface area contributed by atoms with Crippen LogP contribution in [0.5, 0.6) is 11.5 Å². The molecule has 0 saturated heterocycles. The molecule has 1 saturated carbocycles. The summed E-state index contributed by atoms with van der Waals surface area (Å²) < 4.78 is 11.1. The van der Waals surface area contributed by atoms with Crippen molar-refractivity contribution in [3.05, 3.63) is 53.1 Å². The molecule has 2 heterocycles. The number of amides is 1. The molecule has 7 nitrogen and oxygen atoms in total. The van der Waals surface area contributed by atoms with Gasteiger partial charge >= 0.3 is 0 Å². The molecule has 0 spiro atoms. The Balaban J connectivity index is 1.57. The van der Waals surface area contributed by atoms with Gasteiger partial charge in [0.05, 0.1) is 11.3 Å². The number of benzene rings is 2. The summed E-state index contributed by atoms with van der Waals surface area (Å²) >= 11 is 0. The van der Waals surface area contributed by atoms with Crippen LogP contribution in [-0.2, 0) is 4.79 Å². The van der Waals surface area contributed by atoms with Crippen LogP contribution in [0.25, 0.3) is 11.3 Å². The van der Waals surface area contributed by atoms with Crippen LogP contribution in [0.15, 0.2) is 36.4 Å². The summed E-state index contributed by atoms with van der Waals surface area (Å²) in [5.74, 6) is 1.26. The van der Waals surface area contributed by atoms with E-state index in [0.717, 1.165) is 48.2 Å². The molecule has 0 atom stereocenters. The van der Waals surface area contributed by atoms with Crippen molar-refractivity contribution in [1.29, 1.82) is 0 Å². The third-order valence-electron chi connectivity index (χ3n) is 7.09. The van der Waals surface area contributed by atoms with Crippen molar-refractivity contribution in [3.8, 4) is 11.5 Å². The third-order valence-corrected chi connectivity index (χ3v) is 7.09. The Labute approximate surface area is 200 Å². The van der Waals surface area contributed by atoms with E-state index in [9.17, 15) is 9.59 Å². The minimum atomic E-state index is -0.168. The highest BCUT2D eigenvalue weighted by atomic mass is 16.7. The van der Waals surface area contributed by atoms with Crippen molar-refractivity contribution >= 4 is 28.6 Å². The Hall–Kier alpha value is -3.32. The number of carbonyl (C=O) groups excluding carboxylic acids is 2. The van der Waals surface area contributed by atoms with Crippen LogP contribution < -0.4 is 20.1 Å². The van der Waals surface area contributed by atoms with Crippen LogP contribution in [0, 0.1) is 0 Å². The monoisotopic (exact) mass is 461 g/mol. The molecule has 5 rings (SSSR count). The minimum absolute atomic E-state index is 0.0566. The lowest BCUT2D eigenvalue weighted by Crippen LogP contribution is -2.39. The van der Waals surface area contributed by atoms with Crippen LogP contribution >= 0.6 is 0 Å². The first-order chi connectivity index (χ1) is 16.4. The summed E-state index contributed by atoms with van der Waals surface area (Å²) in [6.45, 7) is 2.04. The van der Waals surface area contributed by atoms with Gasteiger partial charge in [-0.1, -0.05) is 6.92 Å². The third kappa shape index (κ3) is 4.16. The molecule has 0 unspecified atom stereocenters. The standard InChI is InChI=1S/C27H31N3O4/c1-4-22(31)16-5-11-21-20(13-16)25(27(32)29-21)26(17-6-12-23-24(14-17)34-15-33-23)28-18-7-9-19(10-8-18)30(2)3/h5-6,11-14,18-19,28H,4,7-10,15H2,1-3H3,(H,29,32)/b26-25-. The van der Waals surface area contributed by atoms with Crippen LogP contribution in [-0.4, -0.2) is 49.6 Å². The highest BCUT2D eigenvalue weighted by Crippen LogP contribution is 2.40. The van der Waals surface area contributed by atoms with Crippen molar-refractivity contribution in [2.24, 2.45) is 0 Å². The molecular formula is C27H31N3O4. The Morgan fingerprint density at radius 3 is 2.50 bits per heavy atom. The second kappa shape index (κ2) is 9.14. The predicted octanol–water partition coefficient (Wildman–Crippen LogP) is 4.29. The maximum Gasteiger partial charge on any atom is 0.258 e. The molecule has 2 aromatic rings. The second-order valence-corrected chi connectivity index (χ2v) is 9.42. The van der Waals surface area contributed by atoms with Crippen LogP contribution in [0.1, 0.15) is 60.5 Å². The molecule has 1 aliphatic carbocycles. The van der Waals surface area contributed by atoms with Gasteiger partial charge in [0.25, 0.3) is 5.91 Å². The van der Waals surface area contributed by atoms with Crippen LogP contribution in [0.4, 0.5) is 5.69 Å². The minimum Gasteiger partial charge on any atom is -0.454 e. The number of fused-ring (bicyclic) bond motifs is 2. The number of nitrogens with zero attached hydrogens (tertiary/aromatic N) is 1. The molecule has 2 aromatic carbocycles. The SMILES string of the molecule is CCC(=O)c1ccc2c(c1)/C(=C(/NC1CCC(N(C)C)CC1)c1ccc3c(c1)OCO3)C(=O)N2. The van der Waals surface area contributed by atoms with E-state index in [1.807, 2.05) is 37.3 Å². The van der Waals surface area contributed by atoms with E-state index in [-0.39, 0.29) is 24.5 Å². The fourth-order valence-corrected chi connectivity index (χ4v) is 5.09. The summed E-state index contributed by atoms with van der Waals surface area (Å²) in [5.41, 5.74) is 4.30. The van der Waals surface area contributed by atoms with Crippen molar-refractivity contribution in [2.45, 2.75) is 51.1 Å². The lowest BCUT2D eigenvalue weighted by molar-refractivity contribution is -0.110. The Bertz CT molecular complexity index is 1160. The Morgan fingerprint density at radius 1 is 1.03 bits per heavy atom. The summed E-state index contributed by atoms with van der Waals surface area (Å²) in [6, 6.07) is 12.0. The molecule has 178 valence electrons. The molecule has 1 fully saturated rings. The molecule has 2 N–H and O–H groups in total. The number of carbonyl (C=O) groups is 2. The first-order valence-corrected chi connectivity index (χ1v) is 12.0. The molecule has 34 heavy (non-hydrogen) atoms. The maximum atomic E-state index is 13.3. The Morgan fingerprint density at radius 2 is 1.76 bits per heavy atom. The zero-order valence-electron chi connectivity index (χ0n) is 19.9. The van der Waals surface area contributed by atoms with Crippen molar-refractivity contribution < 1.29 is 19.1 Å². The number of nitrogens with one attached hydrogen (secondary N) is 2. The second-order valence-electron chi connectivity index (χ2n) is 9.42. The van der Waals surface area contributed by atoms with E-state index in [4.69, 9.17) is 9.47 Å². The zero-order chi connectivity index (χ0) is 23.8. The molecule has 1 amide bonds. The van der Waals surface area contributed by atoms with Gasteiger partial charge < -0.3 is 25.0 Å². The van der Waals surface area contributed by atoms with Gasteiger partial charge in [-0.05, 0) is 76.2 Å². The lowest BCUT2D eigenvalue weighted by atomic mass is 9.89. The average Bonchev–Trinajstić information content (AvgIpc) is 3.44. The van der Waals surface area contributed by atoms with Gasteiger partial charge in [-0.15, -0.1) is 0 Å². The van der Waals surface area contributed by atoms with Crippen LogP contribution in [0.2, 0.25) is 0 Å². The maximum absolute atomic E-state index is 13.3. The fraction of sp³-hybridized carbons (Fsp3) is 0.407. The van der Waals surface area contributed by atoms with Gasteiger partial charge in [0.15, 0.2) is 17.3 Å². The van der Waals surface area contributed by atoms with Crippen LogP contribution in [0.3, 0.4) is 0 Å². The molecule has 2 aliphatic heterocycles. The largest absolute Gasteiger partial charge is 0.454 e. The lowest BCUT2D eigenvalue weighted by Gasteiger charge is -2.34. The topological polar surface area (TPSA) is 79.9 Å². The summed E-state index contributed by atoms with van der Waals surface area (Å²) in [7, 11) is 4.26. The molecule has 0 bridgehead atoms. The van der Waals surface area contributed by atoms with Crippen molar-refractivity contribution in [3.63, 3.8) is 0 Å². The normalized spacial score (nSPS) is 22.4. The van der Waals surface area contributed by atoms with Gasteiger partial charge in [0.1, 0.15) is 0 Å². The van der Waals surface area contributed by atoms with E-state index >= 15 is 0 Å². The van der Waals surface area contributed by atoms with E-state index in [2.05, 4.69) is 29.6 Å². The van der Waals surface area contributed by atoms with Gasteiger partial charge in [0, 0.05) is 40.9 Å². The molecule has 3 aliphatic rings. The number of ketones is 1. The molecule has 0 aromatic heterocycles. The quantitative estimate of drug-likeness (QED) is 0.494. The molecule has 7 heteroatoms. The van der Waals surface area contributed by atoms with Gasteiger partial charge in [-0.25, -0.2) is 0 Å². The smallest absolute Gasteiger partial charge is 0.258 e. The first kappa shape index (κ1) is 22.5. The Kier molecular flexibility index (Phi) is 6.04. The van der Waals surface area contributed by atoms with E-state index in [1.165, 1.54) is 0 Å². The fourth-order valence-electron chi connectivity index (χ4n) is 5.09. The van der Waals surface area contributed by atoms with Gasteiger partial charge in [0.2, 0.25) is 6.79 Å². The molecule has 0 radical (unpaired) electrons. The predicted molar refractivity (Wildman–Crippen MR) is 132 cm³/mol. The highest BCUT2D eigenvalue weighted by Gasteiger charge is 2.32. The van der Waals surface area contributed by atoms with Crippen molar-refractivity contribution in [2.75, 3.05) is 26.2 Å². The van der Waals surface area contributed by atoms with Crippen molar-refractivity contribution in [1.82, 2.24) is 10.2 Å². The van der Waals surface area contributed by atoms with E-state index in [1.54, 1.807) is 6.07 Å². The summed E-state index contributed by atoms with van der Waals surface area (Å²) in [5, 5.41) is 6.70. The van der Waals surface area contributed by atoms with Gasteiger partial charge in [-0.3, -0.25) is 9.59 Å². The average molecular weight is 462 g/mol. The number of ether oxygens (including phenoxy) is 2. The summed E-state index contributed by atoms with van der Waals surface area (Å²) in [4.78, 5) is 27.9. The summed E-state index contributed by atoms with van der Waals surface area (Å²) in [6.07, 6.45) is 4.67. The number of rotatable bonds is 6. The highest BCUT2D eigenvalue weighted by molar-refractivity contribution is 6.36. The number of anilines is 1. The molecular weight excluding hydrogens is 430 g/mol. The first-order valence-electron chi connectivity index (χ1n) is 12.0. The van der Waals surface area contributed by atoms with E-state index < -0.39 is 0 Å².